The van der Waals surface area contributed by atoms with E-state index in [0.717, 1.165) is 0 Å². The average Bonchev–Trinajstić information content (AvgIpc) is 3.03. The molecule has 126 valence electrons. The van der Waals surface area contributed by atoms with Crippen LogP contribution < -0.4 is 11.1 Å². The molecule has 9 heteroatoms. The fraction of sp³-hybridized carbons (Fsp3) is 0.133. The van der Waals surface area contributed by atoms with Gasteiger partial charge in [-0.25, -0.2) is 4.79 Å². The number of hydrogen-bond acceptors (Lipinski definition) is 5. The number of carbonyl (C=O) groups excluding carboxylic acids is 3. The highest BCUT2D eigenvalue weighted by molar-refractivity contribution is 6.43. The molecule has 0 spiro atoms. The molecule has 7 nitrogen and oxygen atoms in total. The molecule has 0 aliphatic heterocycles. The molecule has 0 saturated carbocycles. The van der Waals surface area contributed by atoms with Crippen molar-refractivity contribution in [3.63, 3.8) is 0 Å². The molecule has 0 fully saturated rings. The molecule has 0 unspecified atom stereocenters. The van der Waals surface area contributed by atoms with Crippen LogP contribution in [0.25, 0.3) is 11.3 Å². The topological polar surface area (TPSA) is 112 Å². The first-order valence-corrected chi connectivity index (χ1v) is 7.40. The van der Waals surface area contributed by atoms with Crippen molar-refractivity contribution >= 4 is 41.0 Å². The van der Waals surface area contributed by atoms with Crippen molar-refractivity contribution in [1.82, 2.24) is 5.32 Å². The van der Waals surface area contributed by atoms with Gasteiger partial charge in [0.1, 0.15) is 5.76 Å². The molecule has 0 atom stereocenters. The van der Waals surface area contributed by atoms with Gasteiger partial charge < -0.3 is 20.2 Å². The van der Waals surface area contributed by atoms with E-state index >= 15 is 0 Å². The average molecular weight is 371 g/mol. The van der Waals surface area contributed by atoms with Crippen molar-refractivity contribution in [3.8, 4) is 11.3 Å². The number of nitrogens with one attached hydrogen (secondary N) is 1. The molecule has 0 aliphatic carbocycles. The van der Waals surface area contributed by atoms with Gasteiger partial charge in [-0.1, -0.05) is 29.3 Å². The molecule has 24 heavy (non-hydrogen) atoms. The third-order valence-electron chi connectivity index (χ3n) is 2.82. The highest BCUT2D eigenvalue weighted by atomic mass is 35.5. The fourth-order valence-electron chi connectivity index (χ4n) is 1.73. The maximum Gasteiger partial charge on any atom is 0.374 e. The molecule has 1 heterocycles. The number of esters is 1. The number of hydrogen-bond donors (Lipinski definition) is 2. The first-order valence-electron chi connectivity index (χ1n) is 6.65. The maximum absolute atomic E-state index is 11.8. The molecule has 0 saturated heterocycles. The number of primary amides is 1. The zero-order valence-electron chi connectivity index (χ0n) is 12.2. The number of rotatable bonds is 6. The Morgan fingerprint density at radius 1 is 1.17 bits per heavy atom. The number of carbonyl (C=O) groups is 3. The van der Waals surface area contributed by atoms with Crippen LogP contribution in [0.3, 0.4) is 0 Å². The number of nitrogens with two attached hydrogens (primary N) is 1. The minimum atomic E-state index is -0.839. The summed E-state index contributed by atoms with van der Waals surface area (Å²) >= 11 is 12.0. The molecule has 3 N–H and O–H groups in total. The molecule has 0 aliphatic rings. The van der Waals surface area contributed by atoms with Gasteiger partial charge >= 0.3 is 5.97 Å². The van der Waals surface area contributed by atoms with Gasteiger partial charge in [-0.2, -0.15) is 0 Å². The molecule has 1 aromatic heterocycles. The van der Waals surface area contributed by atoms with Crippen molar-refractivity contribution in [2.75, 3.05) is 13.2 Å². The summed E-state index contributed by atoms with van der Waals surface area (Å²) in [5.74, 6) is -1.99. The van der Waals surface area contributed by atoms with Crippen LogP contribution in [0, 0.1) is 0 Å². The van der Waals surface area contributed by atoms with E-state index in [4.69, 9.17) is 38.1 Å². The van der Waals surface area contributed by atoms with Crippen molar-refractivity contribution in [3.05, 3.63) is 46.1 Å². The van der Waals surface area contributed by atoms with E-state index < -0.39 is 24.4 Å². The third-order valence-corrected chi connectivity index (χ3v) is 3.64. The van der Waals surface area contributed by atoms with Crippen LogP contribution in [0.1, 0.15) is 10.6 Å². The van der Waals surface area contributed by atoms with E-state index in [1.54, 1.807) is 18.2 Å². The summed E-state index contributed by atoms with van der Waals surface area (Å²) in [5.41, 5.74) is 5.39. The van der Waals surface area contributed by atoms with Crippen LogP contribution in [0.5, 0.6) is 0 Å². The summed E-state index contributed by atoms with van der Waals surface area (Å²) in [4.78, 5) is 33.7. The molecule has 1 aromatic carbocycles. The number of furan rings is 1. The van der Waals surface area contributed by atoms with Gasteiger partial charge in [0.2, 0.25) is 11.7 Å². The smallest absolute Gasteiger partial charge is 0.374 e. The van der Waals surface area contributed by atoms with Crippen LogP contribution in [0.15, 0.2) is 34.7 Å². The summed E-state index contributed by atoms with van der Waals surface area (Å²) in [7, 11) is 0. The van der Waals surface area contributed by atoms with Gasteiger partial charge in [-0.15, -0.1) is 0 Å². The number of ether oxygens (including phenoxy) is 1. The van der Waals surface area contributed by atoms with Crippen molar-refractivity contribution in [1.29, 1.82) is 0 Å². The summed E-state index contributed by atoms with van der Waals surface area (Å²) in [6, 6.07) is 7.90. The zero-order valence-corrected chi connectivity index (χ0v) is 13.7. The second-order valence-corrected chi connectivity index (χ2v) is 5.37. The van der Waals surface area contributed by atoms with E-state index in [-0.39, 0.29) is 12.3 Å². The number of halogens is 2. The van der Waals surface area contributed by atoms with E-state index in [2.05, 4.69) is 5.32 Å². The second-order valence-electron chi connectivity index (χ2n) is 4.58. The van der Waals surface area contributed by atoms with Crippen LogP contribution in [0.4, 0.5) is 0 Å². The maximum atomic E-state index is 11.8. The van der Waals surface area contributed by atoms with Gasteiger partial charge in [-0.05, 0) is 24.3 Å². The quantitative estimate of drug-likeness (QED) is 0.755. The highest BCUT2D eigenvalue weighted by Gasteiger charge is 2.17. The van der Waals surface area contributed by atoms with Crippen LogP contribution >= 0.6 is 23.2 Å². The van der Waals surface area contributed by atoms with Crippen LogP contribution in [-0.2, 0) is 14.3 Å². The largest absolute Gasteiger partial charge is 0.450 e. The lowest BCUT2D eigenvalue weighted by molar-refractivity contribution is -0.127. The Labute approximate surface area is 146 Å². The Hall–Kier alpha value is -2.51. The Morgan fingerprint density at radius 2 is 1.92 bits per heavy atom. The van der Waals surface area contributed by atoms with E-state index in [0.29, 0.717) is 21.4 Å². The Bertz CT molecular complexity index is 788. The molecule has 2 aromatic rings. The predicted molar refractivity (Wildman–Crippen MR) is 86.7 cm³/mol. The first kappa shape index (κ1) is 17.8. The minimum absolute atomic E-state index is 0.108. The SMILES string of the molecule is NC(=O)CNC(=O)COC(=O)c1ccc(-c2cccc(Cl)c2Cl)o1. The Kier molecular flexibility index (Phi) is 5.83. The molecular formula is C15H12Cl2N2O5. The Balaban J connectivity index is 2.00. The summed E-state index contributed by atoms with van der Waals surface area (Å²) in [5, 5.41) is 2.82. The second kappa shape index (κ2) is 7.85. The monoisotopic (exact) mass is 370 g/mol. The van der Waals surface area contributed by atoms with Gasteiger partial charge in [0, 0.05) is 5.56 Å². The van der Waals surface area contributed by atoms with E-state index in [1.807, 2.05) is 0 Å². The van der Waals surface area contributed by atoms with E-state index in [1.165, 1.54) is 12.1 Å². The summed E-state index contributed by atoms with van der Waals surface area (Å²) < 4.78 is 10.1. The zero-order chi connectivity index (χ0) is 17.7. The van der Waals surface area contributed by atoms with Crippen LogP contribution in [0.2, 0.25) is 10.0 Å². The molecule has 0 bridgehead atoms. The van der Waals surface area contributed by atoms with Gasteiger partial charge in [-0.3, -0.25) is 9.59 Å². The molecular weight excluding hydrogens is 359 g/mol. The van der Waals surface area contributed by atoms with Crippen LogP contribution in [-0.4, -0.2) is 30.9 Å². The summed E-state index contributed by atoms with van der Waals surface area (Å²) in [6.07, 6.45) is 0. The van der Waals surface area contributed by atoms with Gasteiger partial charge in [0.05, 0.1) is 16.6 Å². The van der Waals surface area contributed by atoms with Crippen molar-refractivity contribution in [2.45, 2.75) is 0 Å². The number of amides is 2. The predicted octanol–water partition coefficient (Wildman–Crippen LogP) is 2.01. The standard InChI is InChI=1S/C15H12Cl2N2O5/c16-9-3-1-2-8(14(9)17)10-4-5-11(24-10)15(22)23-7-13(21)19-6-12(18)20/h1-5H,6-7H2,(H2,18,20)(H,19,21). The van der Waals surface area contributed by atoms with E-state index in [9.17, 15) is 14.4 Å². The van der Waals surface area contributed by atoms with Gasteiger partial charge in [0.15, 0.2) is 6.61 Å². The first-order chi connectivity index (χ1) is 11.4. The van der Waals surface area contributed by atoms with Crippen molar-refractivity contribution < 1.29 is 23.5 Å². The molecule has 2 amide bonds. The fourth-order valence-corrected chi connectivity index (χ4v) is 2.12. The summed E-state index contributed by atoms with van der Waals surface area (Å²) in [6.45, 7) is -0.908. The lowest BCUT2D eigenvalue weighted by atomic mass is 10.2. The molecule has 0 radical (unpaired) electrons. The molecule has 2 rings (SSSR count). The third kappa shape index (κ3) is 4.50. The Morgan fingerprint density at radius 3 is 2.62 bits per heavy atom. The lowest BCUT2D eigenvalue weighted by Gasteiger charge is -2.04. The normalized spacial score (nSPS) is 10.2. The lowest BCUT2D eigenvalue weighted by Crippen LogP contribution is -2.35. The van der Waals surface area contributed by atoms with Gasteiger partial charge in [0.25, 0.3) is 5.91 Å². The number of benzene rings is 1. The highest BCUT2D eigenvalue weighted by Crippen LogP contribution is 2.34. The minimum Gasteiger partial charge on any atom is -0.450 e. The van der Waals surface area contributed by atoms with Crippen molar-refractivity contribution in [2.24, 2.45) is 5.73 Å².